The van der Waals surface area contributed by atoms with E-state index >= 15 is 0 Å². The Labute approximate surface area is 249 Å². The van der Waals surface area contributed by atoms with Crippen LogP contribution in [0.15, 0.2) is 47.5 Å². The number of amides is 3. The fraction of sp³-hybridized carbons (Fsp3) is 0.433. The van der Waals surface area contributed by atoms with Crippen LogP contribution in [0.4, 0.5) is 14.9 Å². The molecule has 1 atom stereocenters. The number of H-pyrrole nitrogens is 1. The van der Waals surface area contributed by atoms with Crippen LogP contribution in [-0.2, 0) is 32.0 Å². The lowest BCUT2D eigenvalue weighted by Crippen LogP contribution is -2.45. The van der Waals surface area contributed by atoms with Gasteiger partial charge in [-0.3, -0.25) is 19.4 Å². The van der Waals surface area contributed by atoms with Crippen LogP contribution in [-0.4, -0.2) is 77.8 Å². The van der Waals surface area contributed by atoms with Gasteiger partial charge in [-0.15, -0.1) is 0 Å². The molecule has 0 saturated carbocycles. The molecule has 0 aliphatic carbocycles. The van der Waals surface area contributed by atoms with Gasteiger partial charge in [0.1, 0.15) is 24.2 Å². The number of alkyl carbamates (subject to hydrolysis) is 1. The van der Waals surface area contributed by atoms with Crippen LogP contribution in [0.1, 0.15) is 37.9 Å². The van der Waals surface area contributed by atoms with Gasteiger partial charge in [-0.05, 0) is 49.5 Å². The van der Waals surface area contributed by atoms with Crippen LogP contribution in [0.3, 0.4) is 0 Å². The van der Waals surface area contributed by atoms with Gasteiger partial charge in [0, 0.05) is 38.7 Å². The molecule has 0 saturated heterocycles. The van der Waals surface area contributed by atoms with Crippen molar-refractivity contribution in [3.63, 3.8) is 0 Å². The Morgan fingerprint density at radius 2 is 2.00 bits per heavy atom. The molecule has 3 heterocycles. The molecule has 0 unspecified atom stereocenters. The van der Waals surface area contributed by atoms with Crippen LogP contribution in [0.25, 0.3) is 11.0 Å². The maximum absolute atomic E-state index is 14.5. The van der Waals surface area contributed by atoms with E-state index in [-0.39, 0.29) is 49.5 Å². The van der Waals surface area contributed by atoms with E-state index in [1.807, 2.05) is 13.8 Å². The largest absolute Gasteiger partial charge is 0.447 e. The third kappa shape index (κ3) is 9.50. The summed E-state index contributed by atoms with van der Waals surface area (Å²) in [6.07, 6.45) is 5.89. The molecular weight excluding hydrogens is 559 g/mol. The summed E-state index contributed by atoms with van der Waals surface area (Å²) >= 11 is 0. The minimum Gasteiger partial charge on any atom is -0.447 e. The highest BCUT2D eigenvalue weighted by Crippen LogP contribution is 2.23. The molecule has 13 heteroatoms. The quantitative estimate of drug-likeness (QED) is 0.191. The molecule has 3 amide bonds. The molecule has 3 aromatic rings. The monoisotopic (exact) mass is 598 g/mol. The van der Waals surface area contributed by atoms with E-state index in [4.69, 9.17) is 9.47 Å². The first-order valence-corrected chi connectivity index (χ1v) is 14.0. The van der Waals surface area contributed by atoms with E-state index in [2.05, 4.69) is 20.6 Å². The highest BCUT2D eigenvalue weighted by atomic mass is 19.1. The van der Waals surface area contributed by atoms with Gasteiger partial charge in [-0.25, -0.2) is 9.18 Å². The zero-order valence-corrected chi connectivity index (χ0v) is 25.1. The summed E-state index contributed by atoms with van der Waals surface area (Å²) in [6, 6.07) is 3.78. The van der Waals surface area contributed by atoms with Crippen molar-refractivity contribution < 1.29 is 28.2 Å². The normalized spacial score (nSPS) is 12.1. The molecule has 3 N–H and O–H groups in total. The third-order valence-electron chi connectivity index (χ3n) is 6.44. The molecule has 0 aliphatic heterocycles. The number of aromatic nitrogens is 3. The molecule has 3 aromatic heterocycles. The van der Waals surface area contributed by atoms with Crippen LogP contribution in [0.2, 0.25) is 0 Å². The predicted molar refractivity (Wildman–Crippen MR) is 160 cm³/mol. The second-order valence-corrected chi connectivity index (χ2v) is 10.6. The Balaban J connectivity index is 1.77. The number of ether oxygens (including phenoxy) is 2. The first-order valence-electron chi connectivity index (χ1n) is 14.0. The lowest BCUT2D eigenvalue weighted by Gasteiger charge is -2.18. The van der Waals surface area contributed by atoms with E-state index in [0.29, 0.717) is 35.1 Å². The van der Waals surface area contributed by atoms with Crippen molar-refractivity contribution >= 4 is 34.6 Å². The average Bonchev–Trinajstić information content (AvgIpc) is 3.36. The van der Waals surface area contributed by atoms with Gasteiger partial charge < -0.3 is 34.6 Å². The van der Waals surface area contributed by atoms with E-state index in [9.17, 15) is 23.6 Å². The Hall–Kier alpha value is -4.52. The molecule has 232 valence electrons. The zero-order valence-electron chi connectivity index (χ0n) is 25.1. The van der Waals surface area contributed by atoms with E-state index in [1.54, 1.807) is 38.5 Å². The highest BCUT2D eigenvalue weighted by molar-refractivity contribution is 5.96. The van der Waals surface area contributed by atoms with E-state index in [1.165, 1.54) is 34.9 Å². The van der Waals surface area contributed by atoms with Gasteiger partial charge >= 0.3 is 6.09 Å². The Morgan fingerprint density at radius 3 is 2.70 bits per heavy atom. The summed E-state index contributed by atoms with van der Waals surface area (Å²) in [5, 5.41) is 5.11. The molecule has 0 aromatic carbocycles. The third-order valence-corrected chi connectivity index (χ3v) is 6.44. The first-order chi connectivity index (χ1) is 20.5. The topological polar surface area (TPSA) is 148 Å². The van der Waals surface area contributed by atoms with Crippen molar-refractivity contribution in [2.24, 2.45) is 5.92 Å². The second-order valence-electron chi connectivity index (χ2n) is 10.6. The summed E-state index contributed by atoms with van der Waals surface area (Å²) in [4.78, 5) is 59.4. The lowest BCUT2D eigenvalue weighted by atomic mass is 10.0. The summed E-state index contributed by atoms with van der Waals surface area (Å²) in [5.41, 5.74) is 1.90. The maximum atomic E-state index is 14.5. The van der Waals surface area contributed by atoms with Gasteiger partial charge in [0.2, 0.25) is 11.8 Å². The zero-order chi connectivity index (χ0) is 31.5. The van der Waals surface area contributed by atoms with Crippen molar-refractivity contribution in [3.05, 3.63) is 70.2 Å². The van der Waals surface area contributed by atoms with Crippen molar-refractivity contribution in [1.29, 1.82) is 0 Å². The number of aromatic amines is 1. The van der Waals surface area contributed by atoms with Crippen LogP contribution < -0.4 is 16.2 Å². The fourth-order valence-electron chi connectivity index (χ4n) is 4.27. The Morgan fingerprint density at radius 1 is 1.23 bits per heavy atom. The number of rotatable bonds is 14. The van der Waals surface area contributed by atoms with E-state index < -0.39 is 23.6 Å². The van der Waals surface area contributed by atoms with E-state index in [0.717, 1.165) is 0 Å². The number of hydrogen-bond acceptors (Lipinski definition) is 7. The molecule has 0 aliphatic rings. The van der Waals surface area contributed by atoms with Gasteiger partial charge in [-0.2, -0.15) is 0 Å². The van der Waals surface area contributed by atoms with Crippen LogP contribution in [0.5, 0.6) is 0 Å². The predicted octanol–water partition coefficient (Wildman–Crippen LogP) is 3.21. The number of anilines is 1. The van der Waals surface area contributed by atoms with Crippen molar-refractivity contribution in [2.45, 2.75) is 45.7 Å². The first kappa shape index (κ1) is 33.0. The van der Waals surface area contributed by atoms with Crippen LogP contribution >= 0.6 is 0 Å². The number of fused-ring (bicyclic) bond motifs is 1. The maximum Gasteiger partial charge on any atom is 0.407 e. The minimum absolute atomic E-state index is 0.00570. The number of likely N-dealkylation sites (N-methyl/N-ethyl adjacent to an activating group) is 1. The minimum atomic E-state index is -1.06. The van der Waals surface area contributed by atoms with Gasteiger partial charge in [0.25, 0.3) is 5.56 Å². The van der Waals surface area contributed by atoms with Crippen LogP contribution in [0, 0.1) is 11.7 Å². The molecule has 3 rings (SSSR count). The molecule has 0 bridgehead atoms. The van der Waals surface area contributed by atoms with Crippen molar-refractivity contribution in [2.75, 3.05) is 39.7 Å². The number of nitrogens with one attached hydrogen (secondary N) is 3. The lowest BCUT2D eigenvalue weighted by molar-refractivity contribution is -0.123. The molecular formula is C30H39FN6O6. The Kier molecular flexibility index (Phi) is 12.0. The Bertz CT molecular complexity index is 1510. The van der Waals surface area contributed by atoms with Gasteiger partial charge in [0.15, 0.2) is 0 Å². The highest BCUT2D eigenvalue weighted by Gasteiger charge is 2.22. The molecule has 0 fully saturated rings. The number of carbonyl (C=O) groups excluding carboxylic acids is 3. The second kappa shape index (κ2) is 15.6. The summed E-state index contributed by atoms with van der Waals surface area (Å²) < 4.78 is 25.8. The molecule has 43 heavy (non-hydrogen) atoms. The molecule has 0 spiro atoms. The van der Waals surface area contributed by atoms with Crippen molar-refractivity contribution in [3.8, 4) is 0 Å². The molecule has 0 radical (unpaired) electrons. The van der Waals surface area contributed by atoms with Gasteiger partial charge in [0.05, 0.1) is 30.4 Å². The molecule has 12 nitrogen and oxygen atoms in total. The average molecular weight is 599 g/mol. The number of pyridine rings is 2. The number of allylic oxidation sites excluding steroid dienone is 1. The van der Waals surface area contributed by atoms with Gasteiger partial charge in [-0.1, -0.05) is 19.9 Å². The number of hydrogen-bond donors (Lipinski definition) is 3. The number of carbonyl (C=O) groups is 3. The number of nitrogens with zero attached hydrogens (tertiary/aromatic N) is 3. The SMILES string of the molecule is COCCOC(=O)N[C@@H](CC/C=C/C(=O)N(C)C)C(=O)Nc1cccn(Cc2cc3ncc(F)c(CC(C)C)c3[nH]2)c1=O. The smallest absolute Gasteiger partial charge is 0.407 e. The fourth-order valence-corrected chi connectivity index (χ4v) is 4.27. The summed E-state index contributed by atoms with van der Waals surface area (Å²) in [5.74, 6) is -1.00. The summed E-state index contributed by atoms with van der Waals surface area (Å²) in [6.45, 7) is 4.31. The summed E-state index contributed by atoms with van der Waals surface area (Å²) in [7, 11) is 4.70. The number of methoxy groups -OCH3 is 1. The van der Waals surface area contributed by atoms with Crippen molar-refractivity contribution in [1.82, 2.24) is 24.8 Å². The number of halogens is 1. The standard InChI is InChI=1S/C30H39FN6O6/c1-19(2)15-21-22(31)17-32-25-16-20(33-27(21)25)18-37-12-8-10-24(29(37)40)34-28(39)23(35-30(41)43-14-13-42-5)9-6-7-11-26(38)36(3)4/h7-8,10-12,16-17,19,23,33H,6,9,13-15,18H2,1-5H3,(H,34,39)(H,35,41)/b11-7+/t23-/m0/s1.